The van der Waals surface area contributed by atoms with Crippen molar-refractivity contribution in [2.75, 3.05) is 20.8 Å². The number of rotatable bonds is 10. The zero-order valence-corrected chi connectivity index (χ0v) is 17.7. The Morgan fingerprint density at radius 1 is 1.07 bits per heavy atom. The molecule has 7 heteroatoms. The first-order valence-corrected chi connectivity index (χ1v) is 9.84. The Kier molecular flexibility index (Phi) is 8.80. The van der Waals surface area contributed by atoms with Crippen LogP contribution in [-0.2, 0) is 16.1 Å². The lowest BCUT2D eigenvalue weighted by molar-refractivity contribution is -0.140. The van der Waals surface area contributed by atoms with Gasteiger partial charge in [0.15, 0.2) is 0 Å². The molecule has 2 amide bonds. The van der Waals surface area contributed by atoms with Gasteiger partial charge in [-0.1, -0.05) is 23.7 Å². The number of halogens is 1. The second-order valence-corrected chi connectivity index (χ2v) is 7.00. The lowest BCUT2D eigenvalue weighted by Gasteiger charge is -2.28. The molecule has 2 rings (SSSR count). The Morgan fingerprint density at radius 2 is 1.69 bits per heavy atom. The van der Waals surface area contributed by atoms with E-state index in [9.17, 15) is 9.59 Å². The van der Waals surface area contributed by atoms with Gasteiger partial charge in [-0.3, -0.25) is 9.59 Å². The number of ether oxygens (including phenoxy) is 2. The van der Waals surface area contributed by atoms with Gasteiger partial charge in [-0.25, -0.2) is 0 Å². The molecule has 0 unspecified atom stereocenters. The first-order chi connectivity index (χ1) is 13.9. The largest absolute Gasteiger partial charge is 0.497 e. The number of nitrogens with one attached hydrogen (secondary N) is 1. The first kappa shape index (κ1) is 22.6. The predicted molar refractivity (Wildman–Crippen MR) is 113 cm³/mol. The highest BCUT2D eigenvalue weighted by Crippen LogP contribution is 2.18. The van der Waals surface area contributed by atoms with Crippen LogP contribution in [0.5, 0.6) is 11.5 Å². The molecule has 0 bridgehead atoms. The number of carbonyl (C=O) groups is 2. The molecule has 2 aromatic carbocycles. The molecule has 0 saturated heterocycles. The summed E-state index contributed by atoms with van der Waals surface area (Å²) in [5.41, 5.74) is 0.910. The maximum atomic E-state index is 12.8. The molecule has 0 aliphatic heterocycles. The number of carbonyl (C=O) groups excluding carboxylic acids is 2. The van der Waals surface area contributed by atoms with Crippen molar-refractivity contribution >= 4 is 23.4 Å². The van der Waals surface area contributed by atoms with E-state index >= 15 is 0 Å². The zero-order chi connectivity index (χ0) is 21.2. The van der Waals surface area contributed by atoms with Gasteiger partial charge in [-0.05, 0) is 55.3 Å². The van der Waals surface area contributed by atoms with Gasteiger partial charge in [0.05, 0.1) is 13.7 Å². The van der Waals surface area contributed by atoms with E-state index in [1.165, 1.54) is 0 Å². The average molecular weight is 419 g/mol. The van der Waals surface area contributed by atoms with Crippen LogP contribution in [0.2, 0.25) is 5.02 Å². The molecular weight excluding hydrogens is 392 g/mol. The highest BCUT2D eigenvalue weighted by atomic mass is 35.5. The van der Waals surface area contributed by atoms with Gasteiger partial charge >= 0.3 is 0 Å². The number of hydrogen-bond donors (Lipinski definition) is 1. The maximum Gasteiger partial charge on any atom is 0.242 e. The normalized spacial score (nSPS) is 11.4. The molecule has 0 radical (unpaired) electrons. The smallest absolute Gasteiger partial charge is 0.242 e. The van der Waals surface area contributed by atoms with Crippen molar-refractivity contribution in [3.63, 3.8) is 0 Å². The van der Waals surface area contributed by atoms with Crippen molar-refractivity contribution in [1.29, 1.82) is 0 Å². The Labute approximate surface area is 176 Å². The van der Waals surface area contributed by atoms with Crippen LogP contribution in [0.3, 0.4) is 0 Å². The molecule has 0 fully saturated rings. The molecule has 0 aromatic heterocycles. The first-order valence-electron chi connectivity index (χ1n) is 9.47. The number of hydrogen-bond acceptors (Lipinski definition) is 4. The lowest BCUT2D eigenvalue weighted by Crippen LogP contribution is -2.46. The molecule has 0 aliphatic carbocycles. The van der Waals surface area contributed by atoms with E-state index in [0.29, 0.717) is 24.6 Å². The number of nitrogens with zero attached hydrogens (tertiary/aromatic N) is 1. The van der Waals surface area contributed by atoms with E-state index in [1.807, 2.05) is 36.4 Å². The van der Waals surface area contributed by atoms with Crippen LogP contribution in [0.1, 0.15) is 25.3 Å². The summed E-state index contributed by atoms with van der Waals surface area (Å²) in [6, 6.07) is 13.9. The van der Waals surface area contributed by atoms with E-state index in [2.05, 4.69) is 5.32 Å². The minimum absolute atomic E-state index is 0.102. The molecule has 29 heavy (non-hydrogen) atoms. The highest BCUT2D eigenvalue weighted by Gasteiger charge is 2.25. The molecule has 0 heterocycles. The van der Waals surface area contributed by atoms with Crippen LogP contribution in [0, 0.1) is 0 Å². The van der Waals surface area contributed by atoms with E-state index < -0.39 is 6.04 Å². The van der Waals surface area contributed by atoms with Gasteiger partial charge < -0.3 is 19.7 Å². The summed E-state index contributed by atoms with van der Waals surface area (Å²) in [6.07, 6.45) is 0.827. The quantitative estimate of drug-likeness (QED) is 0.598. The third-order valence-electron chi connectivity index (χ3n) is 4.54. The monoisotopic (exact) mass is 418 g/mol. The fraction of sp³-hybridized carbons (Fsp3) is 0.364. The van der Waals surface area contributed by atoms with Gasteiger partial charge in [-0.15, -0.1) is 0 Å². The van der Waals surface area contributed by atoms with Crippen LogP contribution in [0.25, 0.3) is 0 Å². The van der Waals surface area contributed by atoms with E-state index in [0.717, 1.165) is 17.1 Å². The summed E-state index contributed by atoms with van der Waals surface area (Å²) in [6.45, 7) is 2.46. The topological polar surface area (TPSA) is 67.9 Å². The molecule has 0 saturated carbocycles. The van der Waals surface area contributed by atoms with Crippen molar-refractivity contribution in [2.45, 2.75) is 32.4 Å². The van der Waals surface area contributed by atoms with Crippen molar-refractivity contribution in [2.24, 2.45) is 0 Å². The van der Waals surface area contributed by atoms with Crippen LogP contribution >= 0.6 is 11.6 Å². The van der Waals surface area contributed by atoms with Gasteiger partial charge in [0.1, 0.15) is 17.5 Å². The van der Waals surface area contributed by atoms with Crippen LogP contribution < -0.4 is 14.8 Å². The Hall–Kier alpha value is -2.73. The van der Waals surface area contributed by atoms with Crippen molar-refractivity contribution in [1.82, 2.24) is 10.2 Å². The molecular formula is C22H27ClN2O4. The highest BCUT2D eigenvalue weighted by molar-refractivity contribution is 6.30. The van der Waals surface area contributed by atoms with Crippen LogP contribution in [-0.4, -0.2) is 43.5 Å². The second kappa shape index (κ2) is 11.3. The van der Waals surface area contributed by atoms with Gasteiger partial charge in [0.2, 0.25) is 11.8 Å². The molecule has 1 N–H and O–H groups in total. The number of methoxy groups -OCH3 is 1. The molecule has 6 nitrogen and oxygen atoms in total. The summed E-state index contributed by atoms with van der Waals surface area (Å²) >= 11 is 5.93. The van der Waals surface area contributed by atoms with Gasteiger partial charge in [0.25, 0.3) is 0 Å². The van der Waals surface area contributed by atoms with E-state index in [1.54, 1.807) is 38.1 Å². The van der Waals surface area contributed by atoms with Gasteiger partial charge in [-0.2, -0.15) is 0 Å². The minimum atomic E-state index is -0.578. The third kappa shape index (κ3) is 6.98. The number of benzene rings is 2. The standard InChI is InChI=1S/C22H27ClN2O4/c1-16(22(27)24-2)25(15-17-6-8-18(23)9-7-17)21(26)5-4-14-29-20-12-10-19(28-3)11-13-20/h6-13,16H,4-5,14-15H2,1-3H3,(H,24,27)/t16-/m1/s1. The molecule has 1 atom stereocenters. The average Bonchev–Trinajstić information content (AvgIpc) is 2.75. The minimum Gasteiger partial charge on any atom is -0.497 e. The predicted octanol–water partition coefficient (Wildman–Crippen LogP) is 3.67. The molecule has 156 valence electrons. The SMILES string of the molecule is CNC(=O)[C@@H](C)N(Cc1ccc(Cl)cc1)C(=O)CCCOc1ccc(OC)cc1. The fourth-order valence-corrected chi connectivity index (χ4v) is 2.93. The summed E-state index contributed by atoms with van der Waals surface area (Å²) in [5.74, 6) is 1.17. The Balaban J connectivity index is 1.93. The summed E-state index contributed by atoms with van der Waals surface area (Å²) in [5, 5.41) is 3.23. The van der Waals surface area contributed by atoms with Crippen molar-refractivity contribution < 1.29 is 19.1 Å². The summed E-state index contributed by atoms with van der Waals surface area (Å²) in [4.78, 5) is 26.5. The van der Waals surface area contributed by atoms with E-state index in [4.69, 9.17) is 21.1 Å². The number of likely N-dealkylation sites (N-methyl/N-ethyl adjacent to an activating group) is 1. The van der Waals surface area contributed by atoms with Crippen molar-refractivity contribution in [3.8, 4) is 11.5 Å². The molecule has 0 spiro atoms. The summed E-state index contributed by atoms with van der Waals surface area (Å²) in [7, 11) is 3.17. The third-order valence-corrected chi connectivity index (χ3v) is 4.79. The Morgan fingerprint density at radius 3 is 2.28 bits per heavy atom. The zero-order valence-electron chi connectivity index (χ0n) is 17.0. The van der Waals surface area contributed by atoms with Gasteiger partial charge in [0, 0.05) is 25.0 Å². The fourth-order valence-electron chi connectivity index (χ4n) is 2.81. The number of amides is 2. The molecule has 0 aliphatic rings. The second-order valence-electron chi connectivity index (χ2n) is 6.57. The lowest BCUT2D eigenvalue weighted by atomic mass is 10.1. The summed E-state index contributed by atoms with van der Waals surface area (Å²) < 4.78 is 10.8. The Bertz CT molecular complexity index is 793. The van der Waals surface area contributed by atoms with E-state index in [-0.39, 0.29) is 18.2 Å². The molecule has 2 aromatic rings. The maximum absolute atomic E-state index is 12.8. The van der Waals surface area contributed by atoms with Crippen LogP contribution in [0.15, 0.2) is 48.5 Å². The van der Waals surface area contributed by atoms with Crippen LogP contribution in [0.4, 0.5) is 0 Å². The van der Waals surface area contributed by atoms with Crippen molar-refractivity contribution in [3.05, 3.63) is 59.1 Å².